The Morgan fingerprint density at radius 3 is 3.05 bits per heavy atom. The molecule has 0 saturated carbocycles. The first-order valence-corrected chi connectivity index (χ1v) is 6.83. The fraction of sp³-hybridized carbons (Fsp3) is 0.615. The number of hydrogen-bond donors (Lipinski definition) is 3. The molecule has 1 fully saturated rings. The number of aryl methyl sites for hydroxylation is 1. The van der Waals surface area contributed by atoms with Crippen molar-refractivity contribution in [1.29, 1.82) is 0 Å². The zero-order valence-electron chi connectivity index (χ0n) is 11.9. The van der Waals surface area contributed by atoms with Crippen LogP contribution in [0.2, 0.25) is 0 Å². The largest absolute Gasteiger partial charge is 0.481 e. The number of ether oxygens (including phenoxy) is 1. The Bertz CT molecular complexity index is 490. The summed E-state index contributed by atoms with van der Waals surface area (Å²) >= 11 is 0. The number of rotatable bonds is 6. The number of carbonyl (C=O) groups is 2. The second-order valence-electron chi connectivity index (χ2n) is 5.34. The first-order chi connectivity index (χ1) is 10.0. The van der Waals surface area contributed by atoms with E-state index in [1.807, 2.05) is 10.8 Å². The molecule has 2 heterocycles. The van der Waals surface area contributed by atoms with Gasteiger partial charge in [-0.25, -0.2) is 9.78 Å². The van der Waals surface area contributed by atoms with Gasteiger partial charge in [-0.15, -0.1) is 0 Å². The molecule has 1 aromatic heterocycles. The monoisotopic (exact) mass is 296 g/mol. The summed E-state index contributed by atoms with van der Waals surface area (Å²) in [7, 11) is 0. The van der Waals surface area contributed by atoms with E-state index in [4.69, 9.17) is 4.74 Å². The minimum Gasteiger partial charge on any atom is -0.481 e. The number of imidazole rings is 1. The number of hydrogen-bond acceptors (Lipinski definition) is 4. The van der Waals surface area contributed by atoms with Crippen LogP contribution >= 0.6 is 0 Å². The maximum atomic E-state index is 11.8. The average molecular weight is 296 g/mol. The first-order valence-electron chi connectivity index (χ1n) is 6.83. The molecule has 0 aromatic carbocycles. The van der Waals surface area contributed by atoms with Crippen LogP contribution in [-0.2, 0) is 16.1 Å². The predicted molar refractivity (Wildman–Crippen MR) is 73.7 cm³/mol. The van der Waals surface area contributed by atoms with Crippen LogP contribution in [0.15, 0.2) is 18.7 Å². The van der Waals surface area contributed by atoms with E-state index in [2.05, 4.69) is 15.6 Å². The molecule has 0 radical (unpaired) electrons. The number of amides is 2. The highest BCUT2D eigenvalue weighted by Crippen LogP contribution is 2.28. The number of carboxylic acid groups (broad SMARTS) is 1. The van der Waals surface area contributed by atoms with Crippen molar-refractivity contribution in [3.05, 3.63) is 18.7 Å². The number of aromatic nitrogens is 2. The maximum absolute atomic E-state index is 11.8. The van der Waals surface area contributed by atoms with Crippen molar-refractivity contribution < 1.29 is 19.4 Å². The Balaban J connectivity index is 1.70. The zero-order chi connectivity index (χ0) is 15.3. The van der Waals surface area contributed by atoms with Gasteiger partial charge in [0.2, 0.25) is 0 Å². The molecule has 0 spiro atoms. The van der Waals surface area contributed by atoms with Crippen LogP contribution in [0.3, 0.4) is 0 Å². The Labute approximate surface area is 122 Å². The van der Waals surface area contributed by atoms with Gasteiger partial charge in [0.1, 0.15) is 5.41 Å². The van der Waals surface area contributed by atoms with Crippen molar-refractivity contribution in [2.45, 2.75) is 25.9 Å². The molecule has 2 unspecified atom stereocenters. The molecule has 2 amide bonds. The van der Waals surface area contributed by atoms with E-state index in [1.165, 1.54) is 0 Å². The van der Waals surface area contributed by atoms with Gasteiger partial charge in [-0.1, -0.05) is 0 Å². The van der Waals surface area contributed by atoms with Crippen molar-refractivity contribution in [3.8, 4) is 0 Å². The van der Waals surface area contributed by atoms with Crippen LogP contribution in [0.1, 0.15) is 13.3 Å². The van der Waals surface area contributed by atoms with Crippen LogP contribution < -0.4 is 10.6 Å². The quantitative estimate of drug-likeness (QED) is 0.644. The lowest BCUT2D eigenvalue weighted by atomic mass is 9.85. The molecule has 2 atom stereocenters. The molecular weight excluding hydrogens is 276 g/mol. The van der Waals surface area contributed by atoms with Gasteiger partial charge in [-0.3, -0.25) is 4.79 Å². The normalized spacial score (nSPS) is 24.7. The van der Waals surface area contributed by atoms with Gasteiger partial charge >= 0.3 is 12.0 Å². The smallest absolute Gasteiger partial charge is 0.315 e. The average Bonchev–Trinajstić information content (AvgIpc) is 3.06. The number of carbonyl (C=O) groups excluding carboxylic acids is 1. The number of aliphatic carboxylic acids is 1. The summed E-state index contributed by atoms with van der Waals surface area (Å²) in [5, 5.41) is 14.6. The van der Waals surface area contributed by atoms with Gasteiger partial charge in [0.25, 0.3) is 0 Å². The van der Waals surface area contributed by atoms with E-state index in [1.54, 1.807) is 19.4 Å². The highest BCUT2D eigenvalue weighted by atomic mass is 16.5. The lowest BCUT2D eigenvalue weighted by Gasteiger charge is -2.25. The van der Waals surface area contributed by atoms with Crippen LogP contribution in [0.4, 0.5) is 4.79 Å². The minimum atomic E-state index is -1.08. The van der Waals surface area contributed by atoms with E-state index in [0.717, 1.165) is 13.0 Å². The number of nitrogens with one attached hydrogen (secondary N) is 2. The summed E-state index contributed by atoms with van der Waals surface area (Å²) in [5.74, 6) is -0.967. The van der Waals surface area contributed by atoms with Gasteiger partial charge in [0.15, 0.2) is 0 Å². The third kappa shape index (κ3) is 3.72. The second kappa shape index (κ2) is 6.57. The van der Waals surface area contributed by atoms with Gasteiger partial charge in [0, 0.05) is 25.5 Å². The lowest BCUT2D eigenvalue weighted by molar-refractivity contribution is -0.148. The van der Waals surface area contributed by atoms with Crippen LogP contribution in [0.25, 0.3) is 0 Å². The van der Waals surface area contributed by atoms with Crippen LogP contribution in [0, 0.1) is 5.41 Å². The summed E-state index contributed by atoms with van der Waals surface area (Å²) < 4.78 is 7.10. The van der Waals surface area contributed by atoms with Gasteiger partial charge < -0.3 is 25.0 Å². The number of carboxylic acids is 1. The van der Waals surface area contributed by atoms with Crippen LogP contribution in [-0.4, -0.2) is 52.5 Å². The third-order valence-corrected chi connectivity index (χ3v) is 3.69. The molecule has 1 aliphatic rings. The summed E-state index contributed by atoms with van der Waals surface area (Å²) in [6.45, 7) is 3.16. The standard InChI is InChI=1S/C13H20N4O4/c1-13(11(18)19)8-21-7-10(13)16-12(20)15-3-2-5-17-6-4-14-9-17/h4,6,9-10H,2-3,5,7-8H2,1H3,(H,18,19)(H2,15,16,20). The molecule has 0 bridgehead atoms. The van der Waals surface area contributed by atoms with Crippen LogP contribution in [0.5, 0.6) is 0 Å². The lowest BCUT2D eigenvalue weighted by Crippen LogP contribution is -2.52. The number of urea groups is 1. The molecule has 1 saturated heterocycles. The highest BCUT2D eigenvalue weighted by molar-refractivity contribution is 5.79. The predicted octanol–water partition coefficient (Wildman–Crippen LogP) is 0.0621. The summed E-state index contributed by atoms with van der Waals surface area (Å²) in [5.41, 5.74) is -1.08. The highest BCUT2D eigenvalue weighted by Gasteiger charge is 2.47. The summed E-state index contributed by atoms with van der Waals surface area (Å²) in [6, 6.07) is -0.896. The Hall–Kier alpha value is -2.09. The molecule has 8 heteroatoms. The van der Waals surface area contributed by atoms with E-state index in [9.17, 15) is 14.7 Å². The van der Waals surface area contributed by atoms with Crippen molar-refractivity contribution in [2.24, 2.45) is 5.41 Å². The first kappa shape index (κ1) is 15.3. The summed E-state index contributed by atoms with van der Waals surface area (Å²) in [4.78, 5) is 27.0. The van der Waals surface area contributed by atoms with Crippen molar-refractivity contribution in [3.63, 3.8) is 0 Å². The van der Waals surface area contributed by atoms with Crippen molar-refractivity contribution >= 4 is 12.0 Å². The van der Waals surface area contributed by atoms with Crippen molar-refractivity contribution in [2.75, 3.05) is 19.8 Å². The molecular formula is C13H20N4O4. The van der Waals surface area contributed by atoms with Gasteiger partial charge in [0.05, 0.1) is 25.6 Å². The molecule has 21 heavy (non-hydrogen) atoms. The second-order valence-corrected chi connectivity index (χ2v) is 5.34. The Morgan fingerprint density at radius 2 is 2.38 bits per heavy atom. The van der Waals surface area contributed by atoms with Gasteiger partial charge in [-0.2, -0.15) is 0 Å². The van der Waals surface area contributed by atoms with E-state index in [0.29, 0.717) is 6.54 Å². The molecule has 3 N–H and O–H groups in total. The molecule has 1 aromatic rings. The van der Waals surface area contributed by atoms with E-state index >= 15 is 0 Å². The fourth-order valence-electron chi connectivity index (χ4n) is 2.18. The zero-order valence-corrected chi connectivity index (χ0v) is 11.9. The molecule has 2 rings (SSSR count). The Morgan fingerprint density at radius 1 is 1.57 bits per heavy atom. The van der Waals surface area contributed by atoms with E-state index < -0.39 is 17.4 Å². The molecule has 8 nitrogen and oxygen atoms in total. The van der Waals surface area contributed by atoms with E-state index in [-0.39, 0.29) is 19.2 Å². The topological polar surface area (TPSA) is 105 Å². The maximum Gasteiger partial charge on any atom is 0.315 e. The van der Waals surface area contributed by atoms with Crippen molar-refractivity contribution in [1.82, 2.24) is 20.2 Å². The SMILES string of the molecule is CC1(C(=O)O)COCC1NC(=O)NCCCn1ccnc1. The Kier molecular flexibility index (Phi) is 4.79. The number of nitrogens with zero attached hydrogens (tertiary/aromatic N) is 2. The third-order valence-electron chi connectivity index (χ3n) is 3.69. The molecule has 0 aliphatic carbocycles. The van der Waals surface area contributed by atoms with Gasteiger partial charge in [-0.05, 0) is 13.3 Å². The molecule has 1 aliphatic heterocycles. The fourth-order valence-corrected chi connectivity index (χ4v) is 2.18. The molecule has 116 valence electrons. The minimum absolute atomic E-state index is 0.105. The summed E-state index contributed by atoms with van der Waals surface area (Å²) in [6.07, 6.45) is 6.04.